The molecule has 8 heteroatoms. The molecule has 0 aromatic heterocycles. The van der Waals surface area contributed by atoms with E-state index >= 15 is 0 Å². The number of alkyl halides is 2. The second-order valence-corrected chi connectivity index (χ2v) is 4.97. The summed E-state index contributed by atoms with van der Waals surface area (Å²) < 4.78 is 40.1. The van der Waals surface area contributed by atoms with Gasteiger partial charge in [-0.15, -0.1) is 0 Å². The summed E-state index contributed by atoms with van der Waals surface area (Å²) >= 11 is 3.40. The second-order valence-electron chi connectivity index (χ2n) is 4.18. The highest BCUT2D eigenvalue weighted by molar-refractivity contribution is 9.10. The van der Waals surface area contributed by atoms with Crippen molar-refractivity contribution in [2.24, 2.45) is 5.84 Å². The molecule has 1 rings (SSSR count). The van der Waals surface area contributed by atoms with E-state index in [-0.39, 0.29) is 12.6 Å². The van der Waals surface area contributed by atoms with Gasteiger partial charge in [-0.2, -0.15) is 0 Å². The monoisotopic (exact) mass is 368 g/mol. The molecule has 0 spiro atoms. The molecule has 1 unspecified atom stereocenters. The van der Waals surface area contributed by atoms with Gasteiger partial charge in [0, 0.05) is 12.2 Å². The number of hydrazine groups is 1. The Balaban J connectivity index is 2.82. The van der Waals surface area contributed by atoms with Crippen molar-refractivity contribution in [2.75, 3.05) is 27.4 Å². The summed E-state index contributed by atoms with van der Waals surface area (Å²) in [5.74, 6) is 6.74. The molecule has 0 fully saturated rings. The Morgan fingerprint density at radius 1 is 1.29 bits per heavy atom. The highest BCUT2D eigenvalue weighted by atomic mass is 79.9. The Kier molecular flexibility index (Phi) is 7.87. The topological polar surface area (TPSA) is 65.7 Å². The predicted molar refractivity (Wildman–Crippen MR) is 78.8 cm³/mol. The van der Waals surface area contributed by atoms with Gasteiger partial charge in [0.15, 0.2) is 0 Å². The zero-order valence-electron chi connectivity index (χ0n) is 11.9. The van der Waals surface area contributed by atoms with Crippen LogP contribution in [0.4, 0.5) is 8.78 Å². The van der Waals surface area contributed by atoms with Gasteiger partial charge in [0.25, 0.3) is 6.43 Å². The van der Waals surface area contributed by atoms with Crippen molar-refractivity contribution in [1.29, 1.82) is 0 Å². The number of rotatable bonds is 9. The molecular weight excluding hydrogens is 350 g/mol. The van der Waals surface area contributed by atoms with Crippen LogP contribution in [0.3, 0.4) is 0 Å². The molecule has 0 saturated carbocycles. The van der Waals surface area contributed by atoms with E-state index in [9.17, 15) is 8.78 Å². The van der Waals surface area contributed by atoms with Gasteiger partial charge in [-0.1, -0.05) is 0 Å². The summed E-state index contributed by atoms with van der Waals surface area (Å²) in [5, 5.41) is 0. The Labute approximate surface area is 130 Å². The lowest BCUT2D eigenvalue weighted by molar-refractivity contribution is 0.0143. The third kappa shape index (κ3) is 5.06. The van der Waals surface area contributed by atoms with E-state index in [1.807, 2.05) is 0 Å². The van der Waals surface area contributed by atoms with Crippen LogP contribution in [0.15, 0.2) is 16.6 Å². The van der Waals surface area contributed by atoms with Crippen LogP contribution in [0, 0.1) is 0 Å². The van der Waals surface area contributed by atoms with Crippen LogP contribution >= 0.6 is 15.9 Å². The molecule has 0 aliphatic heterocycles. The molecule has 1 atom stereocenters. The van der Waals surface area contributed by atoms with Crippen LogP contribution in [0.2, 0.25) is 0 Å². The lowest BCUT2D eigenvalue weighted by atomic mass is 10.0. The third-order valence-electron chi connectivity index (χ3n) is 2.89. The molecule has 21 heavy (non-hydrogen) atoms. The SMILES string of the molecule is COc1ccc(C(CCOCC(F)F)NN)c(OC)c1Br. The maximum absolute atomic E-state index is 12.0. The van der Waals surface area contributed by atoms with Crippen LogP contribution < -0.4 is 20.7 Å². The highest BCUT2D eigenvalue weighted by Crippen LogP contribution is 2.40. The molecule has 0 radical (unpaired) electrons. The molecule has 0 heterocycles. The number of benzene rings is 1. The van der Waals surface area contributed by atoms with E-state index in [1.54, 1.807) is 19.2 Å². The summed E-state index contributed by atoms with van der Waals surface area (Å²) in [7, 11) is 3.08. The number of halogens is 3. The van der Waals surface area contributed by atoms with E-state index in [2.05, 4.69) is 21.4 Å². The average molecular weight is 369 g/mol. The molecule has 1 aromatic rings. The molecule has 120 valence electrons. The lowest BCUT2D eigenvalue weighted by Gasteiger charge is -2.21. The van der Waals surface area contributed by atoms with Crippen molar-refractivity contribution in [1.82, 2.24) is 5.43 Å². The van der Waals surface area contributed by atoms with Gasteiger partial charge in [0.2, 0.25) is 0 Å². The van der Waals surface area contributed by atoms with Crippen LogP contribution in [0.1, 0.15) is 18.0 Å². The highest BCUT2D eigenvalue weighted by Gasteiger charge is 2.19. The van der Waals surface area contributed by atoms with Crippen molar-refractivity contribution in [2.45, 2.75) is 18.9 Å². The lowest BCUT2D eigenvalue weighted by Crippen LogP contribution is -2.29. The normalized spacial score (nSPS) is 12.5. The summed E-state index contributed by atoms with van der Waals surface area (Å²) in [5.41, 5.74) is 3.42. The molecule has 0 amide bonds. The van der Waals surface area contributed by atoms with E-state index in [0.29, 0.717) is 22.4 Å². The van der Waals surface area contributed by atoms with Crippen molar-refractivity contribution >= 4 is 15.9 Å². The van der Waals surface area contributed by atoms with Crippen molar-refractivity contribution in [3.05, 3.63) is 22.2 Å². The summed E-state index contributed by atoms with van der Waals surface area (Å²) in [6, 6.07) is 3.28. The second kappa shape index (κ2) is 9.14. The summed E-state index contributed by atoms with van der Waals surface area (Å²) in [6.07, 6.45) is -2.04. The maximum atomic E-state index is 12.0. The van der Waals surface area contributed by atoms with Gasteiger partial charge < -0.3 is 14.2 Å². The number of ether oxygens (including phenoxy) is 3. The first-order valence-electron chi connectivity index (χ1n) is 6.27. The minimum Gasteiger partial charge on any atom is -0.495 e. The first-order valence-corrected chi connectivity index (χ1v) is 7.06. The Morgan fingerprint density at radius 2 is 2.00 bits per heavy atom. The van der Waals surface area contributed by atoms with Gasteiger partial charge in [0.1, 0.15) is 22.6 Å². The van der Waals surface area contributed by atoms with Gasteiger partial charge in [-0.25, -0.2) is 8.78 Å². The van der Waals surface area contributed by atoms with Gasteiger partial charge >= 0.3 is 0 Å². The average Bonchev–Trinajstić information content (AvgIpc) is 2.47. The summed E-state index contributed by atoms with van der Waals surface area (Å²) in [4.78, 5) is 0. The first kappa shape index (κ1) is 18.1. The van der Waals surface area contributed by atoms with Crippen LogP contribution in [-0.4, -0.2) is 33.9 Å². The van der Waals surface area contributed by atoms with E-state index in [4.69, 9.17) is 20.1 Å². The number of hydrogen-bond acceptors (Lipinski definition) is 5. The molecule has 0 bridgehead atoms. The maximum Gasteiger partial charge on any atom is 0.261 e. The summed E-state index contributed by atoms with van der Waals surface area (Å²) in [6.45, 7) is -0.424. The molecule has 0 aliphatic rings. The van der Waals surface area contributed by atoms with Crippen LogP contribution in [0.25, 0.3) is 0 Å². The van der Waals surface area contributed by atoms with Crippen LogP contribution in [0.5, 0.6) is 11.5 Å². The molecule has 5 nitrogen and oxygen atoms in total. The number of nitrogens with two attached hydrogens (primary N) is 1. The number of methoxy groups -OCH3 is 2. The molecule has 0 aliphatic carbocycles. The fourth-order valence-electron chi connectivity index (χ4n) is 1.89. The van der Waals surface area contributed by atoms with Gasteiger partial charge in [-0.3, -0.25) is 11.3 Å². The molecule has 0 saturated heterocycles. The van der Waals surface area contributed by atoms with E-state index in [1.165, 1.54) is 7.11 Å². The van der Waals surface area contributed by atoms with Crippen molar-refractivity contribution in [3.8, 4) is 11.5 Å². The van der Waals surface area contributed by atoms with Gasteiger partial charge in [-0.05, 0) is 34.5 Å². The zero-order chi connectivity index (χ0) is 15.8. The Morgan fingerprint density at radius 3 is 2.52 bits per heavy atom. The quantitative estimate of drug-likeness (QED) is 0.398. The molecule has 3 N–H and O–H groups in total. The minimum atomic E-state index is -2.47. The standard InChI is InChI=1S/C13H19BrF2N2O3/c1-19-10-4-3-8(13(20-2)12(10)14)9(18-17)5-6-21-7-11(15)16/h3-4,9,11,18H,5-7,17H2,1-2H3. The van der Waals surface area contributed by atoms with Crippen molar-refractivity contribution < 1.29 is 23.0 Å². The fourth-order valence-corrected chi connectivity index (χ4v) is 2.58. The number of hydrogen-bond donors (Lipinski definition) is 2. The fraction of sp³-hybridized carbons (Fsp3) is 0.538. The van der Waals surface area contributed by atoms with E-state index in [0.717, 1.165) is 5.56 Å². The Hall–Kier alpha value is -0.960. The van der Waals surface area contributed by atoms with Gasteiger partial charge in [0.05, 0.1) is 20.3 Å². The predicted octanol–water partition coefficient (Wildman–Crippen LogP) is 2.64. The molecule has 1 aromatic carbocycles. The van der Waals surface area contributed by atoms with E-state index < -0.39 is 13.0 Å². The Bertz CT molecular complexity index is 450. The largest absolute Gasteiger partial charge is 0.495 e. The first-order chi connectivity index (χ1) is 10.0. The zero-order valence-corrected chi connectivity index (χ0v) is 13.5. The smallest absolute Gasteiger partial charge is 0.261 e. The number of nitrogens with one attached hydrogen (secondary N) is 1. The third-order valence-corrected chi connectivity index (χ3v) is 3.64. The molecular formula is C13H19BrF2N2O3. The minimum absolute atomic E-state index is 0.159. The van der Waals surface area contributed by atoms with Crippen LogP contribution in [-0.2, 0) is 4.74 Å². The van der Waals surface area contributed by atoms with Crippen molar-refractivity contribution in [3.63, 3.8) is 0 Å².